The third-order valence-corrected chi connectivity index (χ3v) is 3.31. The Labute approximate surface area is 87.7 Å². The zero-order chi connectivity index (χ0) is 10.4. The Kier molecular flexibility index (Phi) is 5.16. The zero-order valence-electron chi connectivity index (χ0n) is 9.59. The fourth-order valence-corrected chi connectivity index (χ4v) is 2.31. The van der Waals surface area contributed by atoms with Gasteiger partial charge in [0.05, 0.1) is 0 Å². The van der Waals surface area contributed by atoms with Gasteiger partial charge in [-0.25, -0.2) is 0 Å². The van der Waals surface area contributed by atoms with Crippen LogP contribution in [0.2, 0.25) is 0 Å². The molecule has 0 aliphatic carbocycles. The highest BCUT2D eigenvalue weighted by molar-refractivity contribution is 5.77. The van der Waals surface area contributed by atoms with Crippen molar-refractivity contribution in [3.8, 4) is 0 Å². The maximum absolute atomic E-state index is 11.2. The molecule has 1 rings (SSSR count). The van der Waals surface area contributed by atoms with Crippen molar-refractivity contribution in [2.75, 3.05) is 13.1 Å². The smallest absolute Gasteiger partial charge is 0.132 e. The van der Waals surface area contributed by atoms with E-state index in [-0.39, 0.29) is 0 Å². The highest BCUT2D eigenvalue weighted by atomic mass is 16.1. The summed E-state index contributed by atoms with van der Waals surface area (Å²) in [5, 5.41) is 0. The van der Waals surface area contributed by atoms with Gasteiger partial charge >= 0.3 is 0 Å². The molecule has 0 saturated carbocycles. The number of piperidine rings is 1. The minimum Gasteiger partial charge on any atom is -0.301 e. The van der Waals surface area contributed by atoms with E-state index < -0.39 is 0 Å². The van der Waals surface area contributed by atoms with Gasteiger partial charge in [0.15, 0.2) is 0 Å². The topological polar surface area (TPSA) is 20.3 Å². The first-order chi connectivity index (χ1) is 6.77. The van der Waals surface area contributed by atoms with E-state index in [0.29, 0.717) is 18.2 Å². The van der Waals surface area contributed by atoms with E-state index in [1.54, 1.807) is 0 Å². The van der Waals surface area contributed by atoms with Crippen molar-refractivity contribution >= 4 is 5.78 Å². The van der Waals surface area contributed by atoms with Crippen LogP contribution in [-0.4, -0.2) is 29.8 Å². The lowest BCUT2D eigenvalue weighted by Gasteiger charge is -2.34. The predicted molar refractivity (Wildman–Crippen MR) is 59.4 cm³/mol. The fourth-order valence-electron chi connectivity index (χ4n) is 2.31. The maximum Gasteiger partial charge on any atom is 0.132 e. The van der Waals surface area contributed by atoms with Crippen LogP contribution in [0.4, 0.5) is 0 Å². The van der Waals surface area contributed by atoms with Crippen LogP contribution >= 0.6 is 0 Å². The molecule has 0 radical (unpaired) electrons. The van der Waals surface area contributed by atoms with E-state index in [1.807, 2.05) is 6.92 Å². The molecular weight excluding hydrogens is 174 g/mol. The Bertz CT molecular complexity index is 179. The Hall–Kier alpha value is -0.370. The van der Waals surface area contributed by atoms with Gasteiger partial charge < -0.3 is 4.90 Å². The van der Waals surface area contributed by atoms with Gasteiger partial charge in [0.1, 0.15) is 5.78 Å². The summed E-state index contributed by atoms with van der Waals surface area (Å²) >= 11 is 0. The average molecular weight is 197 g/mol. The number of carbonyl (C=O) groups excluding carboxylic acids is 1. The van der Waals surface area contributed by atoms with Gasteiger partial charge in [-0.1, -0.05) is 20.3 Å². The molecule has 1 saturated heterocycles. The highest BCUT2D eigenvalue weighted by Crippen LogP contribution is 2.20. The second kappa shape index (κ2) is 6.18. The molecule has 1 fully saturated rings. The second-order valence-corrected chi connectivity index (χ2v) is 4.21. The molecule has 0 spiro atoms. The summed E-state index contributed by atoms with van der Waals surface area (Å²) in [4.78, 5) is 13.8. The molecule has 14 heavy (non-hydrogen) atoms. The van der Waals surface area contributed by atoms with Gasteiger partial charge in [0, 0.05) is 18.9 Å². The molecule has 0 amide bonds. The second-order valence-electron chi connectivity index (χ2n) is 4.21. The number of carbonyl (C=O) groups is 1. The lowest BCUT2D eigenvalue weighted by molar-refractivity contribution is -0.119. The number of hydrogen-bond acceptors (Lipinski definition) is 2. The number of nitrogens with zero attached hydrogens (tertiary/aromatic N) is 1. The van der Waals surface area contributed by atoms with E-state index in [4.69, 9.17) is 0 Å². The van der Waals surface area contributed by atoms with E-state index in [2.05, 4.69) is 11.8 Å². The quantitative estimate of drug-likeness (QED) is 0.675. The number of ketones is 1. The van der Waals surface area contributed by atoms with Gasteiger partial charge in [-0.15, -0.1) is 0 Å². The van der Waals surface area contributed by atoms with Crippen molar-refractivity contribution in [3.05, 3.63) is 0 Å². The number of Topliss-reactive ketones (excluding diaryl/α,β-unsaturated/α-hetero) is 1. The Morgan fingerprint density at radius 3 is 2.79 bits per heavy atom. The van der Waals surface area contributed by atoms with Crippen molar-refractivity contribution < 1.29 is 4.79 Å². The minimum absolute atomic E-state index is 0.423. The highest BCUT2D eigenvalue weighted by Gasteiger charge is 2.20. The van der Waals surface area contributed by atoms with Crippen LogP contribution in [0.25, 0.3) is 0 Å². The number of likely N-dealkylation sites (tertiary alicyclic amines) is 1. The van der Waals surface area contributed by atoms with Gasteiger partial charge in [-0.05, 0) is 32.4 Å². The number of hydrogen-bond donors (Lipinski definition) is 0. The summed E-state index contributed by atoms with van der Waals surface area (Å²) in [6.45, 7) is 6.56. The fraction of sp³-hybridized carbons (Fsp3) is 0.917. The van der Waals surface area contributed by atoms with E-state index >= 15 is 0 Å². The van der Waals surface area contributed by atoms with E-state index in [9.17, 15) is 4.79 Å². The predicted octanol–water partition coefficient (Wildman–Crippen LogP) is 2.62. The van der Waals surface area contributed by atoms with Crippen molar-refractivity contribution in [2.24, 2.45) is 0 Å². The Morgan fingerprint density at radius 2 is 2.14 bits per heavy atom. The molecule has 0 aromatic rings. The molecule has 2 heteroatoms. The van der Waals surface area contributed by atoms with Crippen molar-refractivity contribution in [1.82, 2.24) is 4.90 Å². The molecule has 1 aliphatic heterocycles. The molecule has 1 atom stereocenters. The molecule has 1 unspecified atom stereocenters. The van der Waals surface area contributed by atoms with Crippen LogP contribution in [0.5, 0.6) is 0 Å². The van der Waals surface area contributed by atoms with Gasteiger partial charge in [-0.2, -0.15) is 0 Å². The molecule has 0 aromatic heterocycles. The largest absolute Gasteiger partial charge is 0.301 e. The SMILES string of the molecule is CCC(=O)CCC1CCCCN1CC. The van der Waals surface area contributed by atoms with Crippen LogP contribution in [0.1, 0.15) is 52.4 Å². The first kappa shape index (κ1) is 11.7. The Morgan fingerprint density at radius 1 is 1.36 bits per heavy atom. The summed E-state index contributed by atoms with van der Waals surface area (Å²) in [6, 6.07) is 0.684. The van der Waals surface area contributed by atoms with Gasteiger partial charge in [0.2, 0.25) is 0 Å². The molecule has 0 N–H and O–H groups in total. The first-order valence-corrected chi connectivity index (χ1v) is 6.03. The normalized spacial score (nSPS) is 23.7. The minimum atomic E-state index is 0.423. The van der Waals surface area contributed by atoms with E-state index in [1.165, 1.54) is 25.8 Å². The van der Waals surface area contributed by atoms with Crippen molar-refractivity contribution in [1.29, 1.82) is 0 Å². The first-order valence-electron chi connectivity index (χ1n) is 6.03. The van der Waals surface area contributed by atoms with E-state index in [0.717, 1.165) is 19.4 Å². The summed E-state index contributed by atoms with van der Waals surface area (Å²) < 4.78 is 0. The average Bonchev–Trinajstić information content (AvgIpc) is 2.26. The van der Waals surface area contributed by atoms with Crippen LogP contribution in [0.15, 0.2) is 0 Å². The van der Waals surface area contributed by atoms with Gasteiger partial charge in [0.25, 0.3) is 0 Å². The molecule has 0 aromatic carbocycles. The zero-order valence-corrected chi connectivity index (χ0v) is 9.59. The third-order valence-electron chi connectivity index (χ3n) is 3.31. The molecule has 0 bridgehead atoms. The monoisotopic (exact) mass is 197 g/mol. The molecular formula is C12H23NO. The third kappa shape index (κ3) is 3.41. The van der Waals surface area contributed by atoms with Crippen molar-refractivity contribution in [2.45, 2.75) is 58.4 Å². The molecule has 1 aliphatic rings. The molecule has 1 heterocycles. The summed E-state index contributed by atoms with van der Waals surface area (Å²) in [6.07, 6.45) is 6.56. The van der Waals surface area contributed by atoms with Crippen LogP contribution < -0.4 is 0 Å². The summed E-state index contributed by atoms with van der Waals surface area (Å²) in [5.41, 5.74) is 0. The van der Waals surface area contributed by atoms with Crippen LogP contribution in [-0.2, 0) is 4.79 Å². The lowest BCUT2D eigenvalue weighted by atomic mass is 9.96. The summed E-state index contributed by atoms with van der Waals surface area (Å²) in [5.74, 6) is 0.423. The molecule has 2 nitrogen and oxygen atoms in total. The maximum atomic E-state index is 11.2. The van der Waals surface area contributed by atoms with Crippen LogP contribution in [0, 0.1) is 0 Å². The number of rotatable bonds is 5. The summed E-state index contributed by atoms with van der Waals surface area (Å²) in [7, 11) is 0. The standard InChI is InChI=1S/C12H23NO/c1-3-12(14)9-8-11-7-5-6-10-13(11)4-2/h11H,3-10H2,1-2H3. The van der Waals surface area contributed by atoms with Gasteiger partial charge in [-0.3, -0.25) is 4.79 Å². The Balaban J connectivity index is 2.29. The molecule has 82 valence electrons. The van der Waals surface area contributed by atoms with Crippen molar-refractivity contribution in [3.63, 3.8) is 0 Å². The van der Waals surface area contributed by atoms with Crippen LogP contribution in [0.3, 0.4) is 0 Å². The lowest BCUT2D eigenvalue weighted by Crippen LogP contribution is -2.39.